The number of nitrogens with zero attached hydrogens (tertiary/aromatic N) is 5. The molecule has 4 rings (SSSR count). The molecule has 1 aromatic heterocycles. The van der Waals surface area contributed by atoms with Crippen molar-refractivity contribution >= 4 is 23.1 Å². The first-order valence-corrected chi connectivity index (χ1v) is 8.15. The van der Waals surface area contributed by atoms with Crippen molar-refractivity contribution in [2.24, 2.45) is 10.3 Å². The number of urea groups is 1. The highest BCUT2D eigenvalue weighted by Crippen LogP contribution is 2.32. The van der Waals surface area contributed by atoms with Crippen LogP contribution in [0.2, 0.25) is 0 Å². The quantitative estimate of drug-likeness (QED) is 0.926. The molecule has 0 saturated heterocycles. The van der Waals surface area contributed by atoms with Crippen molar-refractivity contribution in [3.8, 4) is 11.3 Å². The zero-order chi connectivity index (χ0) is 16.5. The number of rotatable bonds is 4. The fraction of sp³-hybridized carbons (Fsp3) is 0.200. The molecule has 1 aromatic carbocycles. The molecule has 0 unspecified atom stereocenters. The number of carbonyl (C=O) groups is 1. The maximum absolute atomic E-state index is 12.3. The van der Waals surface area contributed by atoms with Crippen molar-refractivity contribution in [3.05, 3.63) is 46.5 Å². The molecule has 122 valence electrons. The fourth-order valence-electron chi connectivity index (χ4n) is 2.49. The van der Waals surface area contributed by atoms with Crippen LogP contribution in [0.4, 0.5) is 4.79 Å². The van der Waals surface area contributed by atoms with Crippen molar-refractivity contribution in [2.75, 3.05) is 20.5 Å². The van der Waals surface area contributed by atoms with Gasteiger partial charge in [-0.1, -0.05) is 35.6 Å². The minimum atomic E-state index is -0.274. The van der Waals surface area contributed by atoms with Gasteiger partial charge < -0.3 is 10.1 Å². The minimum absolute atomic E-state index is 0.0663. The number of hydrogen-bond donors (Lipinski definition) is 1. The van der Waals surface area contributed by atoms with Gasteiger partial charge in [0.05, 0.1) is 12.4 Å². The Morgan fingerprint density at radius 3 is 2.96 bits per heavy atom. The predicted octanol–water partition coefficient (Wildman–Crippen LogP) is 2.71. The van der Waals surface area contributed by atoms with Gasteiger partial charge in [-0.05, 0) is 0 Å². The highest BCUT2D eigenvalue weighted by molar-refractivity contribution is 7.11. The smallest absolute Gasteiger partial charge is 0.351 e. The molecule has 0 atom stereocenters. The number of hydrogen-bond acceptors (Lipinski definition) is 7. The largest absolute Gasteiger partial charge is 0.362 e. The second kappa shape index (κ2) is 6.02. The van der Waals surface area contributed by atoms with Gasteiger partial charge in [-0.15, -0.1) is 16.5 Å². The standard InChI is InChI=1S/C15H14N6O2S/c1-23-9-21-15(22)20-8-16-12(13(20)18-19-21)14-17-11(7-24-14)10-5-3-2-4-6-10/h2-7,16H,8-9H2,1H3. The van der Waals surface area contributed by atoms with E-state index in [2.05, 4.69) is 20.6 Å². The van der Waals surface area contributed by atoms with Crippen molar-refractivity contribution < 1.29 is 9.53 Å². The van der Waals surface area contributed by atoms with Gasteiger partial charge in [0.2, 0.25) is 0 Å². The van der Waals surface area contributed by atoms with Gasteiger partial charge in [0, 0.05) is 18.1 Å². The van der Waals surface area contributed by atoms with Crippen LogP contribution < -0.4 is 5.32 Å². The van der Waals surface area contributed by atoms with Crippen LogP contribution in [0.3, 0.4) is 0 Å². The van der Waals surface area contributed by atoms with Gasteiger partial charge in [-0.2, -0.15) is 5.01 Å². The second-order valence-electron chi connectivity index (χ2n) is 5.15. The normalized spacial score (nSPS) is 16.6. The molecular weight excluding hydrogens is 328 g/mol. The van der Waals surface area contributed by atoms with E-state index in [0.29, 0.717) is 12.5 Å². The van der Waals surface area contributed by atoms with Gasteiger partial charge in [-0.3, -0.25) is 4.90 Å². The zero-order valence-corrected chi connectivity index (χ0v) is 13.7. The first-order chi connectivity index (χ1) is 11.8. The summed E-state index contributed by atoms with van der Waals surface area (Å²) in [6.45, 7) is 0.403. The molecule has 2 aliphatic rings. The highest BCUT2D eigenvalue weighted by Gasteiger charge is 2.36. The lowest BCUT2D eigenvalue weighted by atomic mass is 10.2. The number of thiazole rings is 1. The summed E-state index contributed by atoms with van der Waals surface area (Å²) < 4.78 is 4.94. The van der Waals surface area contributed by atoms with Crippen LogP contribution in [0.5, 0.6) is 0 Å². The van der Waals surface area contributed by atoms with Crippen LogP contribution in [0.25, 0.3) is 17.0 Å². The molecule has 2 aromatic rings. The van der Waals surface area contributed by atoms with E-state index in [4.69, 9.17) is 4.74 Å². The maximum Gasteiger partial charge on any atom is 0.351 e. The first-order valence-electron chi connectivity index (χ1n) is 7.27. The average molecular weight is 342 g/mol. The monoisotopic (exact) mass is 342 g/mol. The third-order valence-corrected chi connectivity index (χ3v) is 4.49. The molecule has 0 spiro atoms. The molecule has 1 N–H and O–H groups in total. The maximum atomic E-state index is 12.3. The fourth-order valence-corrected chi connectivity index (χ4v) is 3.33. The molecule has 9 heteroatoms. The van der Waals surface area contributed by atoms with Crippen molar-refractivity contribution in [1.82, 2.24) is 20.2 Å². The van der Waals surface area contributed by atoms with Gasteiger partial charge >= 0.3 is 6.03 Å². The Labute approximate surface area is 142 Å². The molecule has 0 bridgehead atoms. The number of methoxy groups -OCH3 is 1. The van der Waals surface area contributed by atoms with E-state index < -0.39 is 0 Å². The number of benzene rings is 1. The summed E-state index contributed by atoms with van der Waals surface area (Å²) in [4.78, 5) is 18.5. The number of aromatic nitrogens is 1. The second-order valence-corrected chi connectivity index (χ2v) is 6.01. The van der Waals surface area contributed by atoms with Crippen LogP contribution in [0, 0.1) is 0 Å². The predicted molar refractivity (Wildman–Crippen MR) is 88.3 cm³/mol. The molecule has 8 nitrogen and oxygen atoms in total. The summed E-state index contributed by atoms with van der Waals surface area (Å²) in [5.74, 6) is 0.487. The SMILES string of the molecule is COCN1N=NC2=C(c3nc(-c4ccccc4)cs3)NCN2C1=O. The number of ether oxygens (including phenoxy) is 1. The summed E-state index contributed by atoms with van der Waals surface area (Å²) in [7, 11) is 1.50. The molecule has 0 fully saturated rings. The van der Waals surface area contributed by atoms with E-state index in [1.165, 1.54) is 28.4 Å². The summed E-state index contributed by atoms with van der Waals surface area (Å²) in [5, 5.41) is 15.2. The Morgan fingerprint density at radius 2 is 2.17 bits per heavy atom. The summed E-state index contributed by atoms with van der Waals surface area (Å²) in [6.07, 6.45) is 0. The van der Waals surface area contributed by atoms with E-state index in [0.717, 1.165) is 22.0 Å². The molecule has 0 radical (unpaired) electrons. The lowest BCUT2D eigenvalue weighted by Crippen LogP contribution is -2.42. The van der Waals surface area contributed by atoms with E-state index in [1.54, 1.807) is 0 Å². The molecule has 3 heterocycles. The minimum Gasteiger partial charge on any atom is -0.362 e. The zero-order valence-electron chi connectivity index (χ0n) is 12.8. The molecule has 24 heavy (non-hydrogen) atoms. The Hall–Kier alpha value is -2.78. The Bertz CT molecular complexity index is 831. The van der Waals surface area contributed by atoms with E-state index in [-0.39, 0.29) is 12.8 Å². The summed E-state index contributed by atoms with van der Waals surface area (Å²) in [6, 6.07) is 9.67. The average Bonchev–Trinajstić information content (AvgIpc) is 3.25. The van der Waals surface area contributed by atoms with Crippen LogP contribution >= 0.6 is 11.3 Å². The third kappa shape index (κ3) is 2.43. The molecule has 0 aliphatic carbocycles. The highest BCUT2D eigenvalue weighted by atomic mass is 32.1. The summed E-state index contributed by atoms with van der Waals surface area (Å²) in [5.41, 5.74) is 2.66. The summed E-state index contributed by atoms with van der Waals surface area (Å²) >= 11 is 1.50. The topological polar surface area (TPSA) is 82.4 Å². The van der Waals surface area contributed by atoms with Crippen LogP contribution in [0.1, 0.15) is 5.01 Å². The van der Waals surface area contributed by atoms with E-state index in [1.807, 2.05) is 35.7 Å². The first kappa shape index (κ1) is 14.8. The van der Waals surface area contributed by atoms with Gasteiger partial charge in [-0.25, -0.2) is 9.78 Å². The van der Waals surface area contributed by atoms with Crippen LogP contribution in [0.15, 0.2) is 51.9 Å². The van der Waals surface area contributed by atoms with Crippen molar-refractivity contribution in [3.63, 3.8) is 0 Å². The van der Waals surface area contributed by atoms with Gasteiger partial charge in [0.1, 0.15) is 17.4 Å². The Kier molecular flexibility index (Phi) is 3.71. The van der Waals surface area contributed by atoms with Gasteiger partial charge in [0.25, 0.3) is 0 Å². The molecule has 0 saturated carbocycles. The number of amides is 2. The molecule has 2 aliphatic heterocycles. The van der Waals surface area contributed by atoms with E-state index in [9.17, 15) is 4.79 Å². The molecule has 2 amide bonds. The Balaban J connectivity index is 1.67. The number of carbonyl (C=O) groups excluding carboxylic acids is 1. The van der Waals surface area contributed by atoms with Crippen LogP contribution in [-0.4, -0.2) is 41.4 Å². The molecular formula is C15H14N6O2S. The number of fused-ring (bicyclic) bond motifs is 1. The third-order valence-electron chi connectivity index (χ3n) is 3.63. The van der Waals surface area contributed by atoms with Crippen molar-refractivity contribution in [2.45, 2.75) is 0 Å². The van der Waals surface area contributed by atoms with E-state index >= 15 is 0 Å². The lowest BCUT2D eigenvalue weighted by Gasteiger charge is -2.25. The van der Waals surface area contributed by atoms with Crippen molar-refractivity contribution in [1.29, 1.82) is 0 Å². The lowest BCUT2D eigenvalue weighted by molar-refractivity contribution is 0.0599. The Morgan fingerprint density at radius 1 is 1.33 bits per heavy atom. The number of nitrogens with one attached hydrogen (secondary N) is 1. The van der Waals surface area contributed by atoms with Crippen LogP contribution in [-0.2, 0) is 4.74 Å². The van der Waals surface area contributed by atoms with Gasteiger partial charge in [0.15, 0.2) is 5.82 Å².